The maximum absolute atomic E-state index is 12.2. The predicted octanol–water partition coefficient (Wildman–Crippen LogP) is 2.79. The molecule has 12 heteroatoms. The summed E-state index contributed by atoms with van der Waals surface area (Å²) >= 11 is 1.49. The molecule has 0 atom stereocenters. The highest BCUT2D eigenvalue weighted by atomic mass is 32.2. The van der Waals surface area contributed by atoms with E-state index in [1.54, 1.807) is 6.92 Å². The van der Waals surface area contributed by atoms with Crippen LogP contribution in [0.3, 0.4) is 0 Å². The Morgan fingerprint density at radius 3 is 2.71 bits per heavy atom. The standard InChI is InChI=1S/C19H20N4O6S2/c1-12-15(22-19(29-12)17-4-3-9-30-17)11-18(24)21-8-7-20-14-6-5-13(31(2,27)28)10-16(14)23(25)26/h3-6,9-10,20H,7-8,11H2,1-2H3,(H,21,24). The number of oxazole rings is 1. The number of benzene rings is 1. The molecule has 10 nitrogen and oxygen atoms in total. The third kappa shape index (κ3) is 5.67. The minimum atomic E-state index is -3.56. The number of carbonyl (C=O) groups is 1. The van der Waals surface area contributed by atoms with Crippen molar-refractivity contribution in [3.63, 3.8) is 0 Å². The Balaban J connectivity index is 1.54. The normalized spacial score (nSPS) is 11.3. The third-order valence-corrected chi connectivity index (χ3v) is 6.28. The molecule has 2 heterocycles. The fourth-order valence-corrected chi connectivity index (χ4v) is 4.04. The van der Waals surface area contributed by atoms with Gasteiger partial charge in [0.2, 0.25) is 11.8 Å². The lowest BCUT2D eigenvalue weighted by atomic mass is 10.2. The van der Waals surface area contributed by atoms with Gasteiger partial charge in [-0.15, -0.1) is 11.3 Å². The number of rotatable bonds is 9. The number of nitro groups is 1. The molecule has 2 aromatic heterocycles. The summed E-state index contributed by atoms with van der Waals surface area (Å²) in [4.78, 5) is 27.9. The zero-order valence-corrected chi connectivity index (χ0v) is 18.4. The van der Waals surface area contributed by atoms with Crippen LogP contribution < -0.4 is 10.6 Å². The van der Waals surface area contributed by atoms with Crippen LogP contribution in [0, 0.1) is 17.0 Å². The van der Waals surface area contributed by atoms with Gasteiger partial charge >= 0.3 is 0 Å². The van der Waals surface area contributed by atoms with Gasteiger partial charge in [0.1, 0.15) is 11.4 Å². The smallest absolute Gasteiger partial charge is 0.293 e. The van der Waals surface area contributed by atoms with Crippen molar-refractivity contribution in [2.24, 2.45) is 0 Å². The fraction of sp³-hybridized carbons (Fsp3) is 0.263. The number of aryl methyl sites for hydroxylation is 1. The van der Waals surface area contributed by atoms with Crippen molar-refractivity contribution in [1.82, 2.24) is 10.3 Å². The highest BCUT2D eigenvalue weighted by molar-refractivity contribution is 7.90. The molecule has 0 aliphatic heterocycles. The molecule has 3 aromatic rings. The van der Waals surface area contributed by atoms with E-state index in [9.17, 15) is 23.3 Å². The van der Waals surface area contributed by atoms with Gasteiger partial charge in [0.05, 0.1) is 26.8 Å². The van der Waals surface area contributed by atoms with E-state index < -0.39 is 14.8 Å². The molecule has 1 amide bonds. The van der Waals surface area contributed by atoms with Crippen molar-refractivity contribution in [3.8, 4) is 10.8 Å². The monoisotopic (exact) mass is 464 g/mol. The van der Waals surface area contributed by atoms with E-state index in [1.165, 1.54) is 23.5 Å². The SMILES string of the molecule is Cc1oc(-c2cccs2)nc1CC(=O)NCCNc1ccc(S(C)(=O)=O)cc1[N+](=O)[O-]. The summed E-state index contributed by atoms with van der Waals surface area (Å²) in [6.07, 6.45) is 1.03. The van der Waals surface area contributed by atoms with Gasteiger partial charge in [-0.25, -0.2) is 13.4 Å². The van der Waals surface area contributed by atoms with E-state index in [2.05, 4.69) is 15.6 Å². The Bertz CT molecular complexity index is 1200. The summed E-state index contributed by atoms with van der Waals surface area (Å²) in [5.74, 6) is 0.776. The first kappa shape index (κ1) is 22.4. The quantitative estimate of drug-likeness (QED) is 0.279. The number of hydrogen-bond donors (Lipinski definition) is 2. The number of hydrogen-bond acceptors (Lipinski definition) is 9. The van der Waals surface area contributed by atoms with Gasteiger partial charge in [-0.3, -0.25) is 14.9 Å². The number of amides is 1. The van der Waals surface area contributed by atoms with Crippen LogP contribution in [0.15, 0.2) is 45.0 Å². The van der Waals surface area contributed by atoms with Gasteiger partial charge < -0.3 is 15.1 Å². The van der Waals surface area contributed by atoms with E-state index in [4.69, 9.17) is 4.42 Å². The van der Waals surface area contributed by atoms with Crippen molar-refractivity contribution in [3.05, 3.63) is 57.3 Å². The molecular weight excluding hydrogens is 444 g/mol. The number of thiophene rings is 1. The molecule has 0 saturated carbocycles. The summed E-state index contributed by atoms with van der Waals surface area (Å²) < 4.78 is 28.8. The van der Waals surface area contributed by atoms with E-state index >= 15 is 0 Å². The van der Waals surface area contributed by atoms with E-state index in [-0.39, 0.29) is 41.7 Å². The largest absolute Gasteiger partial charge is 0.440 e. The van der Waals surface area contributed by atoms with Gasteiger partial charge in [0, 0.05) is 25.4 Å². The first-order chi connectivity index (χ1) is 14.6. The molecule has 2 N–H and O–H groups in total. The molecule has 0 spiro atoms. The van der Waals surface area contributed by atoms with Crippen molar-refractivity contribution >= 4 is 38.5 Å². The Morgan fingerprint density at radius 2 is 2.06 bits per heavy atom. The van der Waals surface area contributed by atoms with Crippen LogP contribution in [0.1, 0.15) is 11.5 Å². The number of nitro benzene ring substituents is 1. The van der Waals surface area contributed by atoms with Crippen molar-refractivity contribution < 1.29 is 22.6 Å². The highest BCUT2D eigenvalue weighted by Gasteiger charge is 2.19. The zero-order valence-electron chi connectivity index (χ0n) is 16.7. The molecule has 0 bridgehead atoms. The molecule has 0 saturated heterocycles. The Morgan fingerprint density at radius 1 is 1.29 bits per heavy atom. The second kappa shape index (κ2) is 9.27. The van der Waals surface area contributed by atoms with Crippen molar-refractivity contribution in [2.75, 3.05) is 24.7 Å². The van der Waals surface area contributed by atoms with Crippen LogP contribution in [-0.4, -0.2) is 43.6 Å². The van der Waals surface area contributed by atoms with E-state index in [1.807, 2.05) is 17.5 Å². The predicted molar refractivity (Wildman–Crippen MR) is 116 cm³/mol. The van der Waals surface area contributed by atoms with Gasteiger partial charge in [0.25, 0.3) is 5.69 Å². The first-order valence-electron chi connectivity index (χ1n) is 9.14. The lowest BCUT2D eigenvalue weighted by Crippen LogP contribution is -2.30. The minimum Gasteiger partial charge on any atom is -0.440 e. The van der Waals surface area contributed by atoms with E-state index in [0.29, 0.717) is 17.3 Å². The lowest BCUT2D eigenvalue weighted by molar-refractivity contribution is -0.384. The number of sulfone groups is 1. The number of nitrogens with zero attached hydrogens (tertiary/aromatic N) is 2. The number of anilines is 1. The number of aromatic nitrogens is 1. The summed E-state index contributed by atoms with van der Waals surface area (Å²) in [5.41, 5.74) is 0.356. The first-order valence-corrected chi connectivity index (χ1v) is 11.9. The van der Waals surface area contributed by atoms with Gasteiger partial charge in [-0.05, 0) is 30.5 Å². The molecule has 0 fully saturated rings. The topological polar surface area (TPSA) is 144 Å². The molecular formula is C19H20N4O6S2. The summed E-state index contributed by atoms with van der Waals surface area (Å²) in [7, 11) is -3.56. The van der Waals surface area contributed by atoms with Gasteiger partial charge in [-0.2, -0.15) is 0 Å². The molecule has 0 radical (unpaired) electrons. The molecule has 31 heavy (non-hydrogen) atoms. The van der Waals surface area contributed by atoms with Crippen molar-refractivity contribution in [1.29, 1.82) is 0 Å². The summed E-state index contributed by atoms with van der Waals surface area (Å²) in [6.45, 7) is 2.16. The van der Waals surface area contributed by atoms with Crippen molar-refractivity contribution in [2.45, 2.75) is 18.2 Å². The van der Waals surface area contributed by atoms with Crippen LogP contribution in [0.4, 0.5) is 11.4 Å². The molecule has 0 unspecified atom stereocenters. The molecule has 1 aromatic carbocycles. The summed E-state index contributed by atoms with van der Waals surface area (Å²) in [5, 5.41) is 18.7. The molecule has 164 valence electrons. The average Bonchev–Trinajstić information content (AvgIpc) is 3.35. The Kier molecular flexibility index (Phi) is 6.71. The number of nitrogens with one attached hydrogen (secondary N) is 2. The molecule has 0 aliphatic carbocycles. The fourth-order valence-electron chi connectivity index (χ4n) is 2.75. The van der Waals surface area contributed by atoms with Crippen LogP contribution in [-0.2, 0) is 21.1 Å². The second-order valence-electron chi connectivity index (χ2n) is 6.66. The van der Waals surface area contributed by atoms with Crippen LogP contribution in [0.25, 0.3) is 10.8 Å². The highest BCUT2D eigenvalue weighted by Crippen LogP contribution is 2.28. The minimum absolute atomic E-state index is 0.0455. The second-order valence-corrected chi connectivity index (χ2v) is 9.62. The molecule has 0 aliphatic rings. The number of carbonyl (C=O) groups excluding carboxylic acids is 1. The maximum atomic E-state index is 12.2. The lowest BCUT2D eigenvalue weighted by Gasteiger charge is -2.09. The maximum Gasteiger partial charge on any atom is 0.293 e. The Hall–Kier alpha value is -3.25. The average molecular weight is 465 g/mol. The Labute approximate surface area is 182 Å². The summed E-state index contributed by atoms with van der Waals surface area (Å²) in [6, 6.07) is 7.41. The van der Waals surface area contributed by atoms with E-state index in [0.717, 1.165) is 17.2 Å². The van der Waals surface area contributed by atoms with Crippen LogP contribution >= 0.6 is 11.3 Å². The van der Waals surface area contributed by atoms with Gasteiger partial charge in [-0.1, -0.05) is 6.07 Å². The molecule has 3 rings (SSSR count). The zero-order chi connectivity index (χ0) is 22.6. The third-order valence-electron chi connectivity index (χ3n) is 4.31. The van der Waals surface area contributed by atoms with Gasteiger partial charge in [0.15, 0.2) is 9.84 Å². The van der Waals surface area contributed by atoms with Crippen LogP contribution in [0.2, 0.25) is 0 Å². The van der Waals surface area contributed by atoms with Crippen LogP contribution in [0.5, 0.6) is 0 Å².